The van der Waals surface area contributed by atoms with E-state index >= 15 is 0 Å². The number of amides is 1. The highest BCUT2D eigenvalue weighted by Gasteiger charge is 2.21. The number of rotatable bonds is 8. The van der Waals surface area contributed by atoms with Crippen LogP contribution in [0.1, 0.15) is 57.2 Å². The number of carbonyl (C=O) groups excluding carboxylic acids is 1. The molecular formula is C23H32N6O. The van der Waals surface area contributed by atoms with E-state index in [-0.39, 0.29) is 17.4 Å². The number of carbonyl (C=O) groups is 1. The molecule has 3 rings (SSSR count). The molecule has 1 atom stereocenters. The summed E-state index contributed by atoms with van der Waals surface area (Å²) < 4.78 is 1.71. The summed E-state index contributed by atoms with van der Waals surface area (Å²) in [5.41, 5.74) is 10.3. The van der Waals surface area contributed by atoms with Gasteiger partial charge in [-0.25, -0.2) is 4.98 Å². The van der Waals surface area contributed by atoms with Crippen LogP contribution >= 0.6 is 0 Å². The number of nitrogens with one attached hydrogen (secondary N) is 2. The van der Waals surface area contributed by atoms with Crippen molar-refractivity contribution in [3.8, 4) is 11.1 Å². The molecule has 0 spiro atoms. The number of hydrogen-bond acceptors (Lipinski definition) is 4. The van der Waals surface area contributed by atoms with Crippen molar-refractivity contribution in [1.29, 1.82) is 0 Å². The Morgan fingerprint density at radius 1 is 1.30 bits per heavy atom. The maximum atomic E-state index is 11.8. The van der Waals surface area contributed by atoms with Crippen LogP contribution in [-0.4, -0.2) is 25.7 Å². The number of nitrogens with two attached hydrogens (primary N) is 1. The Labute approximate surface area is 178 Å². The van der Waals surface area contributed by atoms with E-state index in [0.717, 1.165) is 41.1 Å². The van der Waals surface area contributed by atoms with Gasteiger partial charge in [-0.3, -0.25) is 9.48 Å². The van der Waals surface area contributed by atoms with E-state index in [4.69, 9.17) is 5.73 Å². The molecule has 0 aliphatic heterocycles. The first-order valence-electron chi connectivity index (χ1n) is 10.4. The minimum atomic E-state index is -0.213. The number of benzene rings is 1. The zero-order valence-electron chi connectivity index (χ0n) is 18.5. The second kappa shape index (κ2) is 8.73. The van der Waals surface area contributed by atoms with Crippen LogP contribution in [0.4, 0.5) is 5.82 Å². The van der Waals surface area contributed by atoms with Gasteiger partial charge in [0.25, 0.3) is 0 Å². The van der Waals surface area contributed by atoms with Crippen molar-refractivity contribution in [1.82, 2.24) is 25.1 Å². The molecule has 1 aromatic carbocycles. The van der Waals surface area contributed by atoms with Crippen LogP contribution in [0, 0.1) is 5.41 Å². The number of aromatic amines is 1. The lowest BCUT2D eigenvalue weighted by Crippen LogP contribution is -2.28. The average molecular weight is 409 g/mol. The highest BCUT2D eigenvalue weighted by atomic mass is 16.1. The second-order valence-electron chi connectivity index (χ2n) is 8.74. The number of nitrogens with zero attached hydrogens (tertiary/aromatic N) is 3. The number of aromatic nitrogens is 4. The molecule has 30 heavy (non-hydrogen) atoms. The molecule has 0 bridgehead atoms. The van der Waals surface area contributed by atoms with Gasteiger partial charge in [0, 0.05) is 37.6 Å². The number of imidazole rings is 1. The summed E-state index contributed by atoms with van der Waals surface area (Å²) in [7, 11) is 1.85. The molecule has 0 saturated carbocycles. The topological polar surface area (TPSA) is 102 Å². The Balaban J connectivity index is 1.78. The lowest BCUT2D eigenvalue weighted by molar-refractivity contribution is -0.119. The summed E-state index contributed by atoms with van der Waals surface area (Å²) in [4.78, 5) is 19.8. The second-order valence-corrected chi connectivity index (χ2v) is 8.74. The van der Waals surface area contributed by atoms with Crippen LogP contribution in [0.5, 0.6) is 0 Å². The summed E-state index contributed by atoms with van der Waals surface area (Å²) in [6.07, 6.45) is 6.45. The zero-order chi connectivity index (χ0) is 21.9. The molecule has 160 valence electrons. The van der Waals surface area contributed by atoms with Gasteiger partial charge in [-0.05, 0) is 29.4 Å². The Kier molecular flexibility index (Phi) is 6.29. The van der Waals surface area contributed by atoms with Gasteiger partial charge in [-0.15, -0.1) is 0 Å². The summed E-state index contributed by atoms with van der Waals surface area (Å²) in [6, 6.07) is 7.96. The summed E-state index contributed by atoms with van der Waals surface area (Å²) >= 11 is 0. The van der Waals surface area contributed by atoms with Gasteiger partial charge in [0.1, 0.15) is 5.82 Å². The first kappa shape index (κ1) is 21.6. The molecule has 4 N–H and O–H groups in total. The molecule has 3 aromatic rings. The molecule has 1 amide bonds. The summed E-state index contributed by atoms with van der Waals surface area (Å²) in [6.45, 7) is 8.22. The van der Waals surface area contributed by atoms with Crippen molar-refractivity contribution in [2.24, 2.45) is 12.5 Å². The van der Waals surface area contributed by atoms with Crippen LogP contribution in [0.3, 0.4) is 0 Å². The fourth-order valence-corrected chi connectivity index (χ4v) is 3.53. The zero-order valence-corrected chi connectivity index (χ0v) is 18.5. The fraction of sp³-hybridized carbons (Fsp3) is 0.435. The SMILES string of the molecule is CCC(C)(C)Cc1cnc(C(Cc2ccc(-c3cn(C)nc3N)cc2)NC(C)=O)[nH]1. The van der Waals surface area contributed by atoms with Crippen molar-refractivity contribution in [3.63, 3.8) is 0 Å². The highest BCUT2D eigenvalue weighted by molar-refractivity contribution is 5.74. The lowest BCUT2D eigenvalue weighted by atomic mass is 9.85. The standard InChI is InChI=1S/C23H32N6O/c1-6-23(3,4)12-18-13-25-22(27-18)20(26-15(2)30)11-16-7-9-17(10-8-16)19-14-29(5)28-21(19)24/h7-10,13-14,20H,6,11-12H2,1-5H3,(H2,24,28)(H,25,27)(H,26,30). The fourth-order valence-electron chi connectivity index (χ4n) is 3.53. The van der Waals surface area contributed by atoms with Crippen LogP contribution in [0.15, 0.2) is 36.7 Å². The monoisotopic (exact) mass is 408 g/mol. The predicted octanol–water partition coefficient (Wildman–Crippen LogP) is 3.79. The largest absolute Gasteiger partial charge is 0.382 e. The van der Waals surface area contributed by atoms with Gasteiger partial charge in [0.15, 0.2) is 5.82 Å². The first-order valence-corrected chi connectivity index (χ1v) is 10.4. The number of anilines is 1. The van der Waals surface area contributed by atoms with Gasteiger partial charge >= 0.3 is 0 Å². The van der Waals surface area contributed by atoms with Crippen molar-refractivity contribution < 1.29 is 4.79 Å². The molecule has 2 heterocycles. The normalized spacial score (nSPS) is 12.7. The number of nitrogen functional groups attached to an aromatic ring is 1. The molecule has 2 aromatic heterocycles. The van der Waals surface area contributed by atoms with Crippen molar-refractivity contribution >= 4 is 11.7 Å². The third-order valence-corrected chi connectivity index (χ3v) is 5.54. The van der Waals surface area contributed by atoms with Crippen molar-refractivity contribution in [3.05, 3.63) is 53.7 Å². The van der Waals surface area contributed by atoms with Crippen molar-refractivity contribution in [2.45, 2.75) is 53.0 Å². The molecule has 0 aliphatic carbocycles. The minimum Gasteiger partial charge on any atom is -0.382 e. The molecule has 1 unspecified atom stereocenters. The quantitative estimate of drug-likeness (QED) is 0.528. The maximum Gasteiger partial charge on any atom is 0.217 e. The van der Waals surface area contributed by atoms with E-state index in [1.807, 2.05) is 31.6 Å². The smallest absolute Gasteiger partial charge is 0.217 e. The maximum absolute atomic E-state index is 11.8. The van der Waals surface area contributed by atoms with Crippen LogP contribution in [0.25, 0.3) is 11.1 Å². The minimum absolute atomic E-state index is 0.0772. The van der Waals surface area contributed by atoms with Gasteiger partial charge in [-0.1, -0.05) is 51.5 Å². The molecule has 0 fully saturated rings. The number of hydrogen-bond donors (Lipinski definition) is 3. The van der Waals surface area contributed by atoms with E-state index in [1.54, 1.807) is 4.68 Å². The van der Waals surface area contributed by atoms with E-state index in [2.05, 4.69) is 53.3 Å². The Morgan fingerprint density at radius 2 is 2.00 bits per heavy atom. The predicted molar refractivity (Wildman–Crippen MR) is 120 cm³/mol. The Morgan fingerprint density at radius 3 is 2.57 bits per heavy atom. The molecule has 0 saturated heterocycles. The third-order valence-electron chi connectivity index (χ3n) is 5.54. The van der Waals surface area contributed by atoms with Gasteiger partial charge in [-0.2, -0.15) is 5.10 Å². The Bertz CT molecular complexity index is 999. The molecular weight excluding hydrogens is 376 g/mol. The first-order chi connectivity index (χ1) is 14.2. The van der Waals surface area contributed by atoms with E-state index in [0.29, 0.717) is 12.2 Å². The number of H-pyrrole nitrogens is 1. The highest BCUT2D eigenvalue weighted by Crippen LogP contribution is 2.27. The van der Waals surface area contributed by atoms with Gasteiger partial charge < -0.3 is 16.0 Å². The van der Waals surface area contributed by atoms with Crippen LogP contribution < -0.4 is 11.1 Å². The third kappa shape index (κ3) is 5.28. The molecule has 7 nitrogen and oxygen atoms in total. The lowest BCUT2D eigenvalue weighted by Gasteiger charge is -2.21. The molecule has 7 heteroatoms. The van der Waals surface area contributed by atoms with Crippen LogP contribution in [0.2, 0.25) is 0 Å². The van der Waals surface area contributed by atoms with E-state index in [9.17, 15) is 4.79 Å². The van der Waals surface area contributed by atoms with Gasteiger partial charge in [0.05, 0.1) is 6.04 Å². The van der Waals surface area contributed by atoms with Gasteiger partial charge in [0.2, 0.25) is 5.91 Å². The van der Waals surface area contributed by atoms with E-state index < -0.39 is 0 Å². The van der Waals surface area contributed by atoms with Crippen LogP contribution in [-0.2, 0) is 24.7 Å². The van der Waals surface area contributed by atoms with E-state index in [1.165, 1.54) is 6.92 Å². The Hall–Kier alpha value is -3.09. The number of aryl methyl sites for hydroxylation is 1. The van der Waals surface area contributed by atoms with Crippen molar-refractivity contribution in [2.75, 3.05) is 5.73 Å². The summed E-state index contributed by atoms with van der Waals surface area (Å²) in [5, 5.41) is 7.23. The molecule has 0 aliphatic rings. The molecule has 0 radical (unpaired) electrons. The summed E-state index contributed by atoms with van der Waals surface area (Å²) in [5.74, 6) is 1.22. The average Bonchev–Trinajstić information content (AvgIpc) is 3.27.